The summed E-state index contributed by atoms with van der Waals surface area (Å²) in [6, 6.07) is 42.7. The van der Waals surface area contributed by atoms with Gasteiger partial charge >= 0.3 is 8.25 Å². The molecule has 0 aliphatic rings. The van der Waals surface area contributed by atoms with Gasteiger partial charge < -0.3 is 22.1 Å². The number of nitrogens with one attached hydrogen (secondary N) is 2. The molecule has 0 bridgehead atoms. The van der Waals surface area contributed by atoms with Crippen molar-refractivity contribution in [1.29, 1.82) is 0 Å². The largest absolute Gasteiger partial charge is 0.805 e. The van der Waals surface area contributed by atoms with Gasteiger partial charge in [0.25, 0.3) is 11.8 Å². The molecule has 0 spiro atoms. The van der Waals surface area contributed by atoms with Gasteiger partial charge in [0, 0.05) is 15.7 Å². The maximum atomic E-state index is 12.9. The Labute approximate surface area is 278 Å². The van der Waals surface area contributed by atoms with Crippen LogP contribution in [0, 0.1) is 0 Å². The van der Waals surface area contributed by atoms with E-state index in [0.29, 0.717) is 33.9 Å². The Hall–Kier alpha value is -6.44. The Morgan fingerprint density at radius 3 is 1.23 bits per heavy atom. The van der Waals surface area contributed by atoms with Gasteiger partial charge in [0.05, 0.1) is 22.7 Å². The number of anilines is 4. The topological polar surface area (TPSA) is 146 Å². The third-order valence-corrected chi connectivity index (χ3v) is 8.13. The van der Waals surface area contributed by atoms with Gasteiger partial charge in [0.1, 0.15) is 0 Å². The van der Waals surface area contributed by atoms with E-state index in [1.807, 2.05) is 84.9 Å². The highest BCUT2D eigenvalue weighted by atomic mass is 31.1. The van der Waals surface area contributed by atoms with Crippen LogP contribution in [0.1, 0.15) is 20.7 Å². The Kier molecular flexibility index (Phi) is 9.41. The Balaban J connectivity index is 1.03. The van der Waals surface area contributed by atoms with Gasteiger partial charge in [-0.1, -0.05) is 72.8 Å². The van der Waals surface area contributed by atoms with E-state index in [1.165, 1.54) is 24.3 Å². The van der Waals surface area contributed by atoms with Crippen molar-refractivity contribution in [2.24, 2.45) is 0 Å². The van der Waals surface area contributed by atoms with Gasteiger partial charge in [0.2, 0.25) is 0 Å². The summed E-state index contributed by atoms with van der Waals surface area (Å²) >= 11 is 0. The molecule has 9 nitrogen and oxygen atoms in total. The molecule has 0 radical (unpaired) electrons. The maximum absolute atomic E-state index is 12.9. The molecular weight excluding hydrogens is 623 g/mol. The normalized spacial score (nSPS) is 10.5. The second kappa shape index (κ2) is 14.3. The standard InChI is InChI=1S/C38H29N4O5P/c39-33-21-15-29(25-7-3-1-4-8-25)23-35(33)41-37(43)27-11-17-31(18-12-27)46-48(45)47-32-19-13-28(14-20-32)38(44)42-36-24-30(16-22-34(36)40)26-9-5-2-6-10-26/h1-24H,39-40H2,(H-,41,42,43,44)/p+1. The average molecular weight is 654 g/mol. The fourth-order valence-corrected chi connectivity index (χ4v) is 5.49. The lowest BCUT2D eigenvalue weighted by Crippen LogP contribution is -2.13. The van der Waals surface area contributed by atoms with E-state index in [9.17, 15) is 14.2 Å². The van der Waals surface area contributed by atoms with Gasteiger partial charge in [-0.2, -0.15) is 0 Å². The fraction of sp³-hybridized carbons (Fsp3) is 0. The summed E-state index contributed by atoms with van der Waals surface area (Å²) < 4.78 is 23.4. The summed E-state index contributed by atoms with van der Waals surface area (Å²) in [5, 5.41) is 5.69. The van der Waals surface area contributed by atoms with E-state index >= 15 is 0 Å². The highest BCUT2D eigenvalue weighted by molar-refractivity contribution is 7.34. The minimum atomic E-state index is -2.61. The van der Waals surface area contributed by atoms with Gasteiger partial charge in [-0.3, -0.25) is 9.59 Å². The number of amides is 2. The van der Waals surface area contributed by atoms with E-state index < -0.39 is 8.25 Å². The van der Waals surface area contributed by atoms with Gasteiger partial charge in [-0.15, -0.1) is 0 Å². The lowest BCUT2D eigenvalue weighted by atomic mass is 10.0. The van der Waals surface area contributed by atoms with E-state index in [1.54, 1.807) is 36.4 Å². The summed E-state index contributed by atoms with van der Waals surface area (Å²) in [4.78, 5) is 25.9. The SMILES string of the molecule is Nc1ccc(-c2ccccc2)cc1NC(=O)c1ccc(O[P+](=O)Oc2ccc(C(=O)Nc3cc(-c4ccccc4)ccc3N)cc2)cc1. The first-order chi connectivity index (χ1) is 23.3. The van der Waals surface area contributed by atoms with E-state index in [0.717, 1.165) is 22.3 Å². The number of benzene rings is 6. The van der Waals surface area contributed by atoms with Gasteiger partial charge in [-0.05, 0) is 95.1 Å². The van der Waals surface area contributed by atoms with Crippen LogP contribution in [-0.2, 0) is 4.57 Å². The lowest BCUT2D eigenvalue weighted by molar-refractivity contribution is 0.101. The molecule has 6 N–H and O–H groups in total. The van der Waals surface area contributed by atoms with Crippen molar-refractivity contribution in [2.45, 2.75) is 0 Å². The van der Waals surface area contributed by atoms with Crippen molar-refractivity contribution in [3.63, 3.8) is 0 Å². The smallest absolute Gasteiger partial charge is 0.397 e. The summed E-state index contributed by atoms with van der Waals surface area (Å²) in [5.41, 5.74) is 18.6. The lowest BCUT2D eigenvalue weighted by Gasteiger charge is -2.11. The molecule has 6 aromatic rings. The van der Waals surface area contributed by atoms with Crippen molar-refractivity contribution in [3.8, 4) is 33.8 Å². The van der Waals surface area contributed by atoms with Crippen LogP contribution in [0.2, 0.25) is 0 Å². The molecule has 0 fully saturated rings. The molecular formula is C38H30N4O5P+. The zero-order valence-electron chi connectivity index (χ0n) is 25.5. The van der Waals surface area contributed by atoms with Crippen molar-refractivity contribution >= 4 is 42.8 Å². The zero-order chi connectivity index (χ0) is 33.5. The zero-order valence-corrected chi connectivity index (χ0v) is 26.4. The summed E-state index contributed by atoms with van der Waals surface area (Å²) in [5.74, 6) is -0.251. The van der Waals surface area contributed by atoms with Crippen molar-refractivity contribution in [3.05, 3.63) is 157 Å². The summed E-state index contributed by atoms with van der Waals surface area (Å²) in [7, 11) is -2.61. The van der Waals surface area contributed by atoms with Crippen LogP contribution in [0.5, 0.6) is 11.5 Å². The molecule has 6 aromatic carbocycles. The third-order valence-electron chi connectivity index (χ3n) is 7.41. The van der Waals surface area contributed by atoms with Crippen LogP contribution < -0.4 is 31.1 Å². The van der Waals surface area contributed by atoms with E-state index in [4.69, 9.17) is 20.5 Å². The Morgan fingerprint density at radius 1 is 0.479 bits per heavy atom. The van der Waals surface area contributed by atoms with Crippen LogP contribution in [0.4, 0.5) is 22.7 Å². The van der Waals surface area contributed by atoms with Gasteiger partial charge in [-0.25, -0.2) is 9.05 Å². The predicted octanol–water partition coefficient (Wildman–Crippen LogP) is 8.80. The number of carbonyl (C=O) groups is 2. The predicted molar refractivity (Wildman–Crippen MR) is 190 cm³/mol. The molecule has 0 atom stereocenters. The second-order valence-corrected chi connectivity index (χ2v) is 11.5. The second-order valence-electron chi connectivity index (χ2n) is 10.7. The van der Waals surface area contributed by atoms with E-state index in [2.05, 4.69) is 10.6 Å². The van der Waals surface area contributed by atoms with Crippen LogP contribution in [0.25, 0.3) is 22.3 Å². The van der Waals surface area contributed by atoms with Crippen molar-refractivity contribution in [1.82, 2.24) is 0 Å². The van der Waals surface area contributed by atoms with Crippen molar-refractivity contribution < 1.29 is 23.2 Å². The summed E-state index contributed by atoms with van der Waals surface area (Å²) in [6.45, 7) is 0. The van der Waals surface area contributed by atoms with Crippen molar-refractivity contribution in [2.75, 3.05) is 22.1 Å². The Bertz CT molecular complexity index is 1940. The Morgan fingerprint density at radius 2 is 0.854 bits per heavy atom. The molecule has 0 saturated heterocycles. The molecule has 236 valence electrons. The molecule has 0 unspecified atom stereocenters. The number of hydrogen-bond acceptors (Lipinski definition) is 7. The highest BCUT2D eigenvalue weighted by Crippen LogP contribution is 2.32. The minimum Gasteiger partial charge on any atom is -0.397 e. The maximum Gasteiger partial charge on any atom is 0.805 e. The van der Waals surface area contributed by atoms with E-state index in [-0.39, 0.29) is 23.3 Å². The molecule has 0 saturated carbocycles. The summed E-state index contributed by atoms with van der Waals surface area (Å²) in [6.07, 6.45) is 0. The molecule has 48 heavy (non-hydrogen) atoms. The molecule has 0 aliphatic heterocycles. The number of nitrogen functional groups attached to an aromatic ring is 2. The van der Waals surface area contributed by atoms with Crippen LogP contribution in [-0.4, -0.2) is 11.8 Å². The van der Waals surface area contributed by atoms with Gasteiger partial charge in [0.15, 0.2) is 11.5 Å². The number of carbonyl (C=O) groups excluding carboxylic acids is 2. The number of nitrogens with two attached hydrogens (primary N) is 2. The quantitative estimate of drug-likeness (QED) is 0.0854. The monoisotopic (exact) mass is 653 g/mol. The average Bonchev–Trinajstić information content (AvgIpc) is 3.11. The minimum absolute atomic E-state index is 0.240. The molecule has 0 aromatic heterocycles. The first-order valence-electron chi connectivity index (χ1n) is 14.9. The fourth-order valence-electron chi connectivity index (χ4n) is 4.86. The molecule has 6 rings (SSSR count). The first kappa shape index (κ1) is 31.5. The molecule has 0 heterocycles. The molecule has 10 heteroatoms. The van der Waals surface area contributed by atoms with Crippen LogP contribution >= 0.6 is 8.25 Å². The molecule has 2 amide bonds. The van der Waals surface area contributed by atoms with Crippen LogP contribution in [0.15, 0.2) is 146 Å². The molecule has 0 aliphatic carbocycles. The first-order valence-corrected chi connectivity index (χ1v) is 16.0. The third kappa shape index (κ3) is 7.67. The number of hydrogen-bond donors (Lipinski definition) is 4. The van der Waals surface area contributed by atoms with Crippen LogP contribution in [0.3, 0.4) is 0 Å². The highest BCUT2D eigenvalue weighted by Gasteiger charge is 2.25. The number of rotatable bonds is 10.